The Balaban J connectivity index is 1.51. The normalized spacial score (nSPS) is 16.6. The van der Waals surface area contributed by atoms with Gasteiger partial charge in [0, 0.05) is 43.5 Å². The molecule has 2 heterocycles. The Hall–Kier alpha value is -1.67. The molecule has 146 valence electrons. The molecular weight excluding hydrogens is 348 g/mol. The summed E-state index contributed by atoms with van der Waals surface area (Å²) in [5, 5.41) is 7.85. The van der Waals surface area contributed by atoms with Crippen LogP contribution in [0, 0.1) is 12.8 Å². The lowest BCUT2D eigenvalue weighted by Gasteiger charge is -2.30. The number of aromatic nitrogens is 1. The van der Waals surface area contributed by atoms with Gasteiger partial charge in [0.1, 0.15) is 0 Å². The van der Waals surface area contributed by atoms with E-state index >= 15 is 0 Å². The van der Waals surface area contributed by atoms with Crippen LogP contribution >= 0.6 is 11.3 Å². The van der Waals surface area contributed by atoms with Gasteiger partial charge in [0.2, 0.25) is 5.91 Å². The fraction of sp³-hybridized carbons (Fsp3) is 0.722. The number of guanidine groups is 1. The van der Waals surface area contributed by atoms with Crippen molar-refractivity contribution >= 4 is 23.2 Å². The summed E-state index contributed by atoms with van der Waals surface area (Å²) in [5.41, 5.74) is 5.38. The Morgan fingerprint density at radius 3 is 2.69 bits per heavy atom. The van der Waals surface area contributed by atoms with Crippen LogP contribution in [0.2, 0.25) is 0 Å². The number of rotatable bonds is 9. The van der Waals surface area contributed by atoms with E-state index in [1.54, 1.807) is 18.4 Å². The van der Waals surface area contributed by atoms with Crippen LogP contribution < -0.4 is 16.4 Å². The fourth-order valence-electron chi connectivity index (χ4n) is 3.13. The highest BCUT2D eigenvalue weighted by Gasteiger charge is 2.22. The van der Waals surface area contributed by atoms with E-state index in [0.717, 1.165) is 75.8 Å². The molecule has 0 bridgehead atoms. The molecule has 0 atom stereocenters. The van der Waals surface area contributed by atoms with Crippen molar-refractivity contribution in [2.45, 2.75) is 39.0 Å². The molecule has 1 aliphatic heterocycles. The third-order valence-electron chi connectivity index (χ3n) is 4.71. The molecule has 8 heteroatoms. The summed E-state index contributed by atoms with van der Waals surface area (Å²) < 4.78 is 0. The number of unbranched alkanes of at least 4 members (excludes halogenated alkanes) is 1. The van der Waals surface area contributed by atoms with E-state index in [9.17, 15) is 4.79 Å². The SMILES string of the molecule is CN=C(NCCCCN1CCC(C(N)=O)CC1)NCCc1ncc(C)s1. The number of amides is 1. The number of nitrogens with two attached hydrogens (primary N) is 1. The lowest BCUT2D eigenvalue weighted by atomic mass is 9.96. The number of nitrogens with one attached hydrogen (secondary N) is 2. The Bertz CT molecular complexity index is 580. The minimum atomic E-state index is -0.141. The number of carbonyl (C=O) groups excluding carboxylic acids is 1. The Labute approximate surface area is 160 Å². The fourth-order valence-corrected chi connectivity index (χ4v) is 3.92. The van der Waals surface area contributed by atoms with Gasteiger partial charge in [-0.2, -0.15) is 0 Å². The molecule has 1 aromatic rings. The second-order valence-electron chi connectivity index (χ2n) is 6.77. The lowest BCUT2D eigenvalue weighted by Crippen LogP contribution is -2.40. The molecule has 4 N–H and O–H groups in total. The minimum absolute atomic E-state index is 0.0793. The van der Waals surface area contributed by atoms with Crippen LogP contribution in [0.15, 0.2) is 11.2 Å². The van der Waals surface area contributed by atoms with Crippen LogP contribution in [-0.2, 0) is 11.2 Å². The average Bonchev–Trinajstić information content (AvgIpc) is 3.05. The monoisotopic (exact) mass is 380 g/mol. The molecule has 26 heavy (non-hydrogen) atoms. The van der Waals surface area contributed by atoms with Gasteiger partial charge in [0.25, 0.3) is 0 Å². The maximum Gasteiger partial charge on any atom is 0.220 e. The van der Waals surface area contributed by atoms with Gasteiger partial charge in [-0.15, -0.1) is 11.3 Å². The predicted octanol–water partition coefficient (Wildman–Crippen LogP) is 1.14. The molecule has 1 saturated heterocycles. The number of piperidine rings is 1. The molecule has 0 saturated carbocycles. The Morgan fingerprint density at radius 1 is 1.35 bits per heavy atom. The zero-order chi connectivity index (χ0) is 18.8. The Morgan fingerprint density at radius 2 is 2.08 bits per heavy atom. The van der Waals surface area contributed by atoms with Gasteiger partial charge < -0.3 is 21.3 Å². The predicted molar refractivity (Wildman–Crippen MR) is 108 cm³/mol. The zero-order valence-corrected chi connectivity index (χ0v) is 16.8. The molecule has 0 unspecified atom stereocenters. The van der Waals surface area contributed by atoms with E-state index in [1.165, 1.54) is 4.88 Å². The van der Waals surface area contributed by atoms with Gasteiger partial charge in [-0.1, -0.05) is 0 Å². The highest BCUT2D eigenvalue weighted by molar-refractivity contribution is 7.11. The van der Waals surface area contributed by atoms with Crippen molar-refractivity contribution in [1.29, 1.82) is 0 Å². The second kappa shape index (κ2) is 11.1. The van der Waals surface area contributed by atoms with Crippen molar-refractivity contribution in [3.8, 4) is 0 Å². The Kier molecular flexibility index (Phi) is 8.84. The van der Waals surface area contributed by atoms with E-state index in [-0.39, 0.29) is 11.8 Å². The number of hydrogen-bond acceptors (Lipinski definition) is 5. The molecule has 0 aromatic carbocycles. The topological polar surface area (TPSA) is 95.6 Å². The molecule has 7 nitrogen and oxygen atoms in total. The van der Waals surface area contributed by atoms with Crippen molar-refractivity contribution in [2.75, 3.05) is 39.8 Å². The van der Waals surface area contributed by atoms with Gasteiger partial charge in [-0.3, -0.25) is 9.79 Å². The van der Waals surface area contributed by atoms with Crippen LogP contribution in [-0.4, -0.2) is 61.5 Å². The van der Waals surface area contributed by atoms with E-state index in [4.69, 9.17) is 5.73 Å². The van der Waals surface area contributed by atoms with Gasteiger partial charge in [-0.25, -0.2) is 4.98 Å². The molecule has 0 spiro atoms. The second-order valence-corrected chi connectivity index (χ2v) is 8.09. The number of thiazole rings is 1. The third kappa shape index (κ3) is 7.29. The highest BCUT2D eigenvalue weighted by Crippen LogP contribution is 2.16. The summed E-state index contributed by atoms with van der Waals surface area (Å²) in [6.07, 6.45) is 6.89. The summed E-state index contributed by atoms with van der Waals surface area (Å²) >= 11 is 1.74. The van der Waals surface area contributed by atoms with E-state index in [0.29, 0.717) is 0 Å². The van der Waals surface area contributed by atoms with Gasteiger partial charge in [-0.05, 0) is 52.2 Å². The summed E-state index contributed by atoms with van der Waals surface area (Å²) in [6.45, 7) is 6.88. The molecule has 1 fully saturated rings. The first kappa shape index (κ1) is 20.6. The molecule has 1 amide bonds. The number of carbonyl (C=O) groups is 1. The van der Waals surface area contributed by atoms with Crippen molar-refractivity contribution < 1.29 is 4.79 Å². The van der Waals surface area contributed by atoms with Crippen LogP contribution in [0.5, 0.6) is 0 Å². The lowest BCUT2D eigenvalue weighted by molar-refractivity contribution is -0.123. The van der Waals surface area contributed by atoms with Crippen molar-refractivity contribution in [2.24, 2.45) is 16.6 Å². The summed E-state index contributed by atoms with van der Waals surface area (Å²) in [7, 11) is 1.80. The van der Waals surface area contributed by atoms with E-state index in [2.05, 4.69) is 32.4 Å². The smallest absolute Gasteiger partial charge is 0.220 e. The number of aliphatic imine (C=N–C) groups is 1. The van der Waals surface area contributed by atoms with Gasteiger partial charge >= 0.3 is 0 Å². The maximum atomic E-state index is 11.2. The van der Waals surface area contributed by atoms with E-state index in [1.807, 2.05) is 6.20 Å². The van der Waals surface area contributed by atoms with Crippen LogP contribution in [0.3, 0.4) is 0 Å². The van der Waals surface area contributed by atoms with Crippen molar-refractivity contribution in [3.63, 3.8) is 0 Å². The third-order valence-corrected chi connectivity index (χ3v) is 5.68. The average molecular weight is 381 g/mol. The number of primary amides is 1. The highest BCUT2D eigenvalue weighted by atomic mass is 32.1. The van der Waals surface area contributed by atoms with Gasteiger partial charge in [0.05, 0.1) is 5.01 Å². The number of aryl methyl sites for hydroxylation is 1. The zero-order valence-electron chi connectivity index (χ0n) is 16.0. The molecule has 1 aliphatic rings. The number of hydrogen-bond donors (Lipinski definition) is 3. The van der Waals surface area contributed by atoms with Crippen molar-refractivity contribution in [3.05, 3.63) is 16.1 Å². The van der Waals surface area contributed by atoms with E-state index < -0.39 is 0 Å². The summed E-state index contributed by atoms with van der Waals surface area (Å²) in [5.74, 6) is 0.786. The first-order valence-corrected chi connectivity index (χ1v) is 10.3. The standard InChI is InChI=1S/C18H32N6OS/c1-14-13-23-16(26-14)5-9-22-18(20-2)21-8-3-4-10-24-11-6-15(7-12-24)17(19)25/h13,15H,3-12H2,1-2H3,(H2,19,25)(H2,20,21,22). The van der Waals surface area contributed by atoms with Crippen molar-refractivity contribution in [1.82, 2.24) is 20.5 Å². The summed E-state index contributed by atoms with van der Waals surface area (Å²) in [4.78, 5) is 23.5. The quantitative estimate of drug-likeness (QED) is 0.339. The first-order chi connectivity index (χ1) is 12.6. The van der Waals surface area contributed by atoms with Gasteiger partial charge in [0.15, 0.2) is 5.96 Å². The molecule has 0 radical (unpaired) electrons. The largest absolute Gasteiger partial charge is 0.369 e. The minimum Gasteiger partial charge on any atom is -0.369 e. The number of nitrogens with zero attached hydrogens (tertiary/aromatic N) is 3. The van der Waals surface area contributed by atoms with Crippen LogP contribution in [0.4, 0.5) is 0 Å². The summed E-state index contributed by atoms with van der Waals surface area (Å²) in [6, 6.07) is 0. The van der Waals surface area contributed by atoms with Crippen LogP contribution in [0.25, 0.3) is 0 Å². The molecule has 2 rings (SSSR count). The first-order valence-electron chi connectivity index (χ1n) is 9.46. The molecule has 0 aliphatic carbocycles. The maximum absolute atomic E-state index is 11.2. The molecule has 1 aromatic heterocycles. The molecular formula is C18H32N6OS. The number of likely N-dealkylation sites (tertiary alicyclic amines) is 1. The van der Waals surface area contributed by atoms with Crippen LogP contribution in [0.1, 0.15) is 35.6 Å².